The lowest BCUT2D eigenvalue weighted by atomic mass is 10.2. The molecule has 0 aliphatic rings. The fraction of sp³-hybridized carbons (Fsp3) is 0. The maximum absolute atomic E-state index is 6.07. The number of benzene rings is 1. The molecule has 0 bridgehead atoms. The van der Waals surface area contributed by atoms with Crippen molar-refractivity contribution in [2.24, 2.45) is 0 Å². The summed E-state index contributed by atoms with van der Waals surface area (Å²) in [5.41, 5.74) is 1.76. The third-order valence-electron chi connectivity index (χ3n) is 2.69. The molecular formula is C15H10ClN3O. The van der Waals surface area contributed by atoms with Gasteiger partial charge in [0, 0.05) is 29.1 Å². The first-order valence-electron chi connectivity index (χ1n) is 5.99. The Bertz CT molecular complexity index is 738. The summed E-state index contributed by atoms with van der Waals surface area (Å²) in [6, 6.07) is 11.2. The zero-order valence-electron chi connectivity index (χ0n) is 10.4. The van der Waals surface area contributed by atoms with Crippen LogP contribution in [-0.4, -0.2) is 15.1 Å². The molecule has 98 valence electrons. The Kier molecular flexibility index (Phi) is 3.56. The van der Waals surface area contributed by atoms with Crippen LogP contribution in [0.1, 0.15) is 11.5 Å². The minimum absolute atomic E-state index is 0.428. The van der Waals surface area contributed by atoms with Gasteiger partial charge in [-0.25, -0.2) is 0 Å². The van der Waals surface area contributed by atoms with Gasteiger partial charge in [-0.15, -0.1) is 0 Å². The van der Waals surface area contributed by atoms with Crippen LogP contribution in [0, 0.1) is 0 Å². The lowest BCUT2D eigenvalue weighted by Gasteiger charge is -1.94. The molecule has 0 fully saturated rings. The Morgan fingerprint density at radius 3 is 2.60 bits per heavy atom. The average molecular weight is 284 g/mol. The van der Waals surface area contributed by atoms with Crippen molar-refractivity contribution in [1.82, 2.24) is 15.1 Å². The van der Waals surface area contributed by atoms with Crippen LogP contribution < -0.4 is 0 Å². The van der Waals surface area contributed by atoms with Crippen LogP contribution in [0.4, 0.5) is 0 Å². The van der Waals surface area contributed by atoms with Crippen LogP contribution in [0.5, 0.6) is 0 Å². The van der Waals surface area contributed by atoms with Crippen LogP contribution >= 0.6 is 11.6 Å². The summed E-state index contributed by atoms with van der Waals surface area (Å²) in [5.74, 6) is 0.961. The normalized spacial score (nSPS) is 11.1. The number of aromatic nitrogens is 3. The Morgan fingerprint density at radius 2 is 1.80 bits per heavy atom. The summed E-state index contributed by atoms with van der Waals surface area (Å²) in [4.78, 5) is 8.24. The van der Waals surface area contributed by atoms with Gasteiger partial charge in [-0.2, -0.15) is 4.98 Å². The van der Waals surface area contributed by atoms with Gasteiger partial charge in [0.2, 0.25) is 5.82 Å². The fourth-order valence-corrected chi connectivity index (χ4v) is 1.89. The number of hydrogen-bond acceptors (Lipinski definition) is 4. The van der Waals surface area contributed by atoms with Gasteiger partial charge in [0.25, 0.3) is 5.89 Å². The molecule has 3 rings (SSSR count). The molecule has 0 aliphatic heterocycles. The second kappa shape index (κ2) is 5.67. The second-order valence-electron chi connectivity index (χ2n) is 4.05. The number of rotatable bonds is 3. The van der Waals surface area contributed by atoms with Crippen molar-refractivity contribution < 1.29 is 4.52 Å². The molecule has 2 aromatic heterocycles. The van der Waals surface area contributed by atoms with Crippen molar-refractivity contribution >= 4 is 23.8 Å². The van der Waals surface area contributed by atoms with Crippen molar-refractivity contribution in [3.63, 3.8) is 0 Å². The molecule has 0 unspecified atom stereocenters. The van der Waals surface area contributed by atoms with Gasteiger partial charge >= 0.3 is 0 Å². The van der Waals surface area contributed by atoms with Crippen molar-refractivity contribution in [3.05, 3.63) is 65.3 Å². The van der Waals surface area contributed by atoms with Gasteiger partial charge in [-0.1, -0.05) is 35.0 Å². The SMILES string of the molecule is Clc1ccccc1/C=C/c1nc(-c2ccncc2)no1. The van der Waals surface area contributed by atoms with E-state index in [1.807, 2.05) is 42.5 Å². The molecule has 3 aromatic rings. The van der Waals surface area contributed by atoms with E-state index >= 15 is 0 Å². The summed E-state index contributed by atoms with van der Waals surface area (Å²) in [6.45, 7) is 0. The predicted octanol–water partition coefficient (Wildman–Crippen LogP) is 3.96. The molecule has 0 aliphatic carbocycles. The maximum Gasteiger partial charge on any atom is 0.250 e. The highest BCUT2D eigenvalue weighted by Crippen LogP contribution is 2.19. The van der Waals surface area contributed by atoms with Crippen molar-refractivity contribution in [1.29, 1.82) is 0 Å². The molecule has 0 radical (unpaired) electrons. The molecule has 0 amide bonds. The molecule has 20 heavy (non-hydrogen) atoms. The fourth-order valence-electron chi connectivity index (χ4n) is 1.69. The topological polar surface area (TPSA) is 51.8 Å². The highest BCUT2D eigenvalue weighted by Gasteiger charge is 2.05. The molecule has 0 saturated carbocycles. The van der Waals surface area contributed by atoms with Crippen molar-refractivity contribution in [2.45, 2.75) is 0 Å². The molecule has 0 N–H and O–H groups in total. The number of halogens is 1. The van der Waals surface area contributed by atoms with Crippen LogP contribution in [0.15, 0.2) is 53.3 Å². The monoisotopic (exact) mass is 283 g/mol. The Labute approximate surface area is 120 Å². The van der Waals surface area contributed by atoms with Crippen LogP contribution in [0.2, 0.25) is 5.02 Å². The number of nitrogens with zero attached hydrogens (tertiary/aromatic N) is 3. The van der Waals surface area contributed by atoms with E-state index in [0.29, 0.717) is 16.7 Å². The minimum atomic E-state index is 0.428. The Balaban J connectivity index is 1.83. The van der Waals surface area contributed by atoms with E-state index in [1.165, 1.54) is 0 Å². The maximum atomic E-state index is 6.07. The third-order valence-corrected chi connectivity index (χ3v) is 3.04. The molecule has 1 aromatic carbocycles. The molecule has 5 heteroatoms. The first kappa shape index (κ1) is 12.6. The first-order valence-corrected chi connectivity index (χ1v) is 6.37. The van der Waals surface area contributed by atoms with Gasteiger partial charge in [0.05, 0.1) is 0 Å². The zero-order chi connectivity index (χ0) is 13.8. The minimum Gasteiger partial charge on any atom is -0.334 e. The van der Waals surface area contributed by atoms with Gasteiger partial charge in [-0.05, 0) is 29.8 Å². The summed E-state index contributed by atoms with van der Waals surface area (Å²) < 4.78 is 5.17. The molecule has 0 saturated heterocycles. The Morgan fingerprint density at radius 1 is 1.00 bits per heavy atom. The lowest BCUT2D eigenvalue weighted by Crippen LogP contribution is -1.80. The summed E-state index contributed by atoms with van der Waals surface area (Å²) in [7, 11) is 0. The van der Waals surface area contributed by atoms with E-state index in [-0.39, 0.29) is 0 Å². The van der Waals surface area contributed by atoms with Crippen LogP contribution in [0.3, 0.4) is 0 Å². The standard InChI is InChI=1S/C15H10ClN3O/c16-13-4-2-1-3-11(13)5-6-14-18-15(19-20-14)12-7-9-17-10-8-12/h1-10H/b6-5+. The summed E-state index contributed by atoms with van der Waals surface area (Å²) in [6.07, 6.45) is 6.95. The average Bonchev–Trinajstić information content (AvgIpc) is 2.96. The predicted molar refractivity (Wildman–Crippen MR) is 77.9 cm³/mol. The first-order chi connectivity index (χ1) is 9.83. The summed E-state index contributed by atoms with van der Waals surface area (Å²) >= 11 is 6.07. The highest BCUT2D eigenvalue weighted by atomic mass is 35.5. The molecular weight excluding hydrogens is 274 g/mol. The van der Waals surface area contributed by atoms with Gasteiger partial charge < -0.3 is 4.52 Å². The quantitative estimate of drug-likeness (QED) is 0.730. The van der Waals surface area contributed by atoms with Crippen LogP contribution in [-0.2, 0) is 0 Å². The van der Waals surface area contributed by atoms with E-state index < -0.39 is 0 Å². The van der Waals surface area contributed by atoms with Crippen LogP contribution in [0.25, 0.3) is 23.5 Å². The molecule has 4 nitrogen and oxygen atoms in total. The largest absolute Gasteiger partial charge is 0.334 e. The zero-order valence-corrected chi connectivity index (χ0v) is 11.2. The van der Waals surface area contributed by atoms with Gasteiger partial charge in [0.1, 0.15) is 0 Å². The van der Waals surface area contributed by atoms with E-state index in [1.54, 1.807) is 18.5 Å². The second-order valence-corrected chi connectivity index (χ2v) is 4.45. The van der Waals surface area contributed by atoms with Gasteiger partial charge in [0.15, 0.2) is 0 Å². The molecule has 2 heterocycles. The highest BCUT2D eigenvalue weighted by molar-refractivity contribution is 6.32. The van der Waals surface area contributed by atoms with Crippen molar-refractivity contribution in [2.75, 3.05) is 0 Å². The lowest BCUT2D eigenvalue weighted by molar-refractivity contribution is 0.411. The Hall–Kier alpha value is -2.46. The van der Waals surface area contributed by atoms with E-state index in [4.69, 9.17) is 16.1 Å². The van der Waals surface area contributed by atoms with E-state index in [2.05, 4.69) is 15.1 Å². The van der Waals surface area contributed by atoms with E-state index in [0.717, 1.165) is 11.1 Å². The smallest absolute Gasteiger partial charge is 0.250 e. The van der Waals surface area contributed by atoms with Crippen molar-refractivity contribution in [3.8, 4) is 11.4 Å². The number of hydrogen-bond donors (Lipinski definition) is 0. The summed E-state index contributed by atoms with van der Waals surface area (Å²) in [5, 5.41) is 4.60. The van der Waals surface area contributed by atoms with Gasteiger partial charge in [-0.3, -0.25) is 4.98 Å². The molecule has 0 atom stereocenters. The molecule has 0 spiro atoms. The van der Waals surface area contributed by atoms with E-state index in [9.17, 15) is 0 Å². The number of pyridine rings is 1. The third kappa shape index (κ3) is 2.75.